The molecule has 1 aliphatic carbocycles. The Hall–Kier alpha value is -3.84. The summed E-state index contributed by atoms with van der Waals surface area (Å²) in [6, 6.07) is 10.0. The number of piperidine rings is 2. The van der Waals surface area contributed by atoms with Crippen molar-refractivity contribution in [3.8, 4) is 22.8 Å². The van der Waals surface area contributed by atoms with Gasteiger partial charge < -0.3 is 24.0 Å². The van der Waals surface area contributed by atoms with Gasteiger partial charge in [0, 0.05) is 47.8 Å². The van der Waals surface area contributed by atoms with Crippen LogP contribution in [0.3, 0.4) is 0 Å². The number of rotatable bonds is 9. The maximum absolute atomic E-state index is 13.3. The molecule has 256 valence electrons. The highest BCUT2D eigenvalue weighted by molar-refractivity contribution is 7.22. The van der Waals surface area contributed by atoms with Gasteiger partial charge in [-0.3, -0.25) is 4.90 Å². The summed E-state index contributed by atoms with van der Waals surface area (Å²) in [5.41, 5.74) is 2.34. The molecule has 3 fully saturated rings. The first-order valence-electron chi connectivity index (χ1n) is 16.5. The summed E-state index contributed by atoms with van der Waals surface area (Å²) in [5.74, 6) is 0.353. The number of ether oxygens (including phenoxy) is 2. The first-order valence-corrected chi connectivity index (χ1v) is 17.3. The number of para-hydroxylation sites is 1. The van der Waals surface area contributed by atoms with Gasteiger partial charge in [-0.2, -0.15) is 0 Å². The molecule has 2 bridgehead atoms. The Morgan fingerprint density at radius 1 is 1.12 bits per heavy atom. The Morgan fingerprint density at radius 2 is 1.88 bits per heavy atom. The summed E-state index contributed by atoms with van der Waals surface area (Å²) in [6.45, 7) is 11.0. The fourth-order valence-electron chi connectivity index (χ4n) is 7.60. The van der Waals surface area contributed by atoms with E-state index in [0.29, 0.717) is 23.5 Å². The SMILES string of the molecule is CC(C)Oc1cc(C(=O)O)cc2sc(N3C(C)CC4CC3C(C)C(C)N4Cc3c(-c4ccccc4OC(F)(F)F)noc3C3CC3)nc12. The van der Waals surface area contributed by atoms with Crippen molar-refractivity contribution in [2.75, 3.05) is 4.90 Å². The molecular formula is C35H39F3N4O5S. The van der Waals surface area contributed by atoms with Crippen LogP contribution in [0.15, 0.2) is 40.9 Å². The Balaban J connectivity index is 1.20. The molecule has 0 spiro atoms. The molecule has 1 saturated carbocycles. The number of carboxylic acids is 1. The van der Waals surface area contributed by atoms with Crippen LogP contribution in [0.2, 0.25) is 0 Å². The molecule has 5 unspecified atom stereocenters. The van der Waals surface area contributed by atoms with Gasteiger partial charge in [-0.1, -0.05) is 35.5 Å². The predicted octanol–water partition coefficient (Wildman–Crippen LogP) is 8.48. The minimum atomic E-state index is -4.83. The second kappa shape index (κ2) is 12.2. The molecule has 2 saturated heterocycles. The molecule has 2 aromatic carbocycles. The van der Waals surface area contributed by atoms with Crippen molar-refractivity contribution in [1.82, 2.24) is 15.0 Å². The maximum atomic E-state index is 13.3. The highest BCUT2D eigenvalue weighted by Crippen LogP contribution is 2.49. The minimum absolute atomic E-state index is 0.130. The van der Waals surface area contributed by atoms with Crippen molar-refractivity contribution >= 4 is 32.7 Å². The average molecular weight is 685 g/mol. The number of thiazole rings is 1. The Bertz CT molecular complexity index is 1840. The molecule has 13 heteroatoms. The number of nitrogens with zero attached hydrogens (tertiary/aromatic N) is 4. The monoisotopic (exact) mass is 684 g/mol. The molecule has 0 radical (unpaired) electrons. The van der Waals surface area contributed by atoms with Gasteiger partial charge in [0.1, 0.15) is 28.5 Å². The molecule has 0 amide bonds. The van der Waals surface area contributed by atoms with Crippen molar-refractivity contribution in [2.24, 2.45) is 5.92 Å². The van der Waals surface area contributed by atoms with Crippen LogP contribution >= 0.6 is 11.3 Å². The number of anilines is 1. The first kappa shape index (κ1) is 32.7. The van der Waals surface area contributed by atoms with Crippen molar-refractivity contribution in [3.63, 3.8) is 0 Å². The summed E-state index contributed by atoms with van der Waals surface area (Å²) >= 11 is 1.49. The molecule has 4 aromatic rings. The van der Waals surface area contributed by atoms with Crippen molar-refractivity contribution in [1.29, 1.82) is 0 Å². The average Bonchev–Trinajstić information content (AvgIpc) is 3.63. The van der Waals surface area contributed by atoms with E-state index in [1.165, 1.54) is 23.5 Å². The fourth-order valence-corrected chi connectivity index (χ4v) is 8.78. The zero-order valence-corrected chi connectivity index (χ0v) is 28.3. The van der Waals surface area contributed by atoms with Crippen molar-refractivity contribution in [3.05, 3.63) is 53.3 Å². The number of alkyl halides is 3. The minimum Gasteiger partial charge on any atom is -0.489 e. The van der Waals surface area contributed by atoms with Crippen LogP contribution < -0.4 is 14.4 Å². The number of halogens is 3. The maximum Gasteiger partial charge on any atom is 0.573 e. The third-order valence-electron chi connectivity index (χ3n) is 10.1. The lowest BCUT2D eigenvalue weighted by atomic mass is 9.76. The fraction of sp³-hybridized carbons (Fsp3) is 0.514. The zero-order valence-electron chi connectivity index (χ0n) is 27.5. The molecule has 1 N–H and O–H groups in total. The molecule has 9 nitrogen and oxygen atoms in total. The van der Waals surface area contributed by atoms with E-state index in [-0.39, 0.29) is 59.0 Å². The Morgan fingerprint density at radius 3 is 2.56 bits per heavy atom. The Labute approximate surface area is 280 Å². The summed E-state index contributed by atoms with van der Waals surface area (Å²) in [5, 5.41) is 14.9. The van der Waals surface area contributed by atoms with E-state index in [0.717, 1.165) is 46.8 Å². The number of aromatic carboxylic acids is 1. The van der Waals surface area contributed by atoms with E-state index in [1.807, 2.05) is 13.8 Å². The number of fused-ring (bicyclic) bond motifs is 3. The summed E-state index contributed by atoms with van der Waals surface area (Å²) < 4.78 is 57.1. The van der Waals surface area contributed by atoms with Gasteiger partial charge in [0.15, 0.2) is 5.13 Å². The topological polar surface area (TPSA) is 101 Å². The van der Waals surface area contributed by atoms with Crippen LogP contribution in [-0.4, -0.2) is 62.8 Å². The third kappa shape index (κ3) is 6.11. The van der Waals surface area contributed by atoms with E-state index in [4.69, 9.17) is 14.2 Å². The quantitative estimate of drug-likeness (QED) is 0.186. The second-order valence-electron chi connectivity index (χ2n) is 13.7. The normalized spacial score (nSPS) is 24.8. The van der Waals surface area contributed by atoms with E-state index < -0.39 is 12.3 Å². The molecule has 48 heavy (non-hydrogen) atoms. The van der Waals surface area contributed by atoms with E-state index in [1.54, 1.807) is 24.3 Å². The van der Waals surface area contributed by atoms with Crippen LogP contribution in [0.4, 0.5) is 18.3 Å². The number of benzene rings is 2. The van der Waals surface area contributed by atoms with Crippen LogP contribution in [0.25, 0.3) is 21.5 Å². The molecule has 3 aliphatic rings. The van der Waals surface area contributed by atoms with Crippen LogP contribution in [0.1, 0.15) is 87.9 Å². The summed E-state index contributed by atoms with van der Waals surface area (Å²) in [7, 11) is 0. The summed E-state index contributed by atoms with van der Waals surface area (Å²) in [4.78, 5) is 21.8. The predicted molar refractivity (Wildman–Crippen MR) is 176 cm³/mol. The van der Waals surface area contributed by atoms with Crippen LogP contribution in [-0.2, 0) is 6.54 Å². The zero-order chi connectivity index (χ0) is 34.1. The number of hydrogen-bond donors (Lipinski definition) is 1. The highest BCUT2D eigenvalue weighted by atomic mass is 32.1. The van der Waals surface area contributed by atoms with Gasteiger partial charge >= 0.3 is 12.3 Å². The standard InChI is InChI=1S/C35H39F3N4O5S/c1-17(2)45-28-13-22(33(43)44)14-29-31(28)39-34(48-29)42-18(3)12-23-15-26(42)19(4)20(5)41(23)16-25-30(40-47-32(25)21-10-11-21)24-8-6-7-9-27(24)46-35(36,37)38/h6-9,13-14,17-21,23,26H,10-12,15-16H2,1-5H3,(H,43,44). The van der Waals surface area contributed by atoms with Gasteiger partial charge in [0.25, 0.3) is 0 Å². The van der Waals surface area contributed by atoms with E-state index in [9.17, 15) is 23.1 Å². The molecule has 2 aliphatic heterocycles. The van der Waals surface area contributed by atoms with E-state index in [2.05, 4.69) is 40.5 Å². The van der Waals surface area contributed by atoms with Gasteiger partial charge in [0.05, 0.1) is 16.4 Å². The lowest BCUT2D eigenvalue weighted by Crippen LogP contribution is -2.65. The largest absolute Gasteiger partial charge is 0.573 e. The summed E-state index contributed by atoms with van der Waals surface area (Å²) in [6.07, 6.45) is -1.31. The third-order valence-corrected chi connectivity index (χ3v) is 11.1. The molecule has 2 aromatic heterocycles. The number of carboxylic acid groups (broad SMARTS) is 1. The van der Waals surface area contributed by atoms with Crippen molar-refractivity contribution < 1.29 is 37.1 Å². The molecule has 7 rings (SSSR count). The van der Waals surface area contributed by atoms with Crippen LogP contribution in [0, 0.1) is 5.92 Å². The lowest BCUT2D eigenvalue weighted by Gasteiger charge is -2.57. The lowest BCUT2D eigenvalue weighted by molar-refractivity contribution is -0.274. The number of aromatic nitrogens is 2. The Kier molecular flexibility index (Phi) is 8.34. The number of likely N-dealkylation sites (tertiary alicyclic amines) is 1. The molecular weight excluding hydrogens is 645 g/mol. The second-order valence-corrected chi connectivity index (χ2v) is 14.7. The van der Waals surface area contributed by atoms with Gasteiger partial charge in [-0.25, -0.2) is 9.78 Å². The first-order chi connectivity index (χ1) is 22.8. The number of carbonyl (C=O) groups is 1. The molecule has 4 heterocycles. The highest BCUT2D eigenvalue weighted by Gasteiger charge is 2.48. The van der Waals surface area contributed by atoms with Gasteiger partial charge in [-0.05, 0) is 83.6 Å². The van der Waals surface area contributed by atoms with Gasteiger partial charge in [0.2, 0.25) is 0 Å². The van der Waals surface area contributed by atoms with E-state index >= 15 is 0 Å². The van der Waals surface area contributed by atoms with Crippen molar-refractivity contribution in [2.45, 2.75) is 109 Å². The molecule has 5 atom stereocenters. The number of hydrogen-bond acceptors (Lipinski definition) is 9. The smallest absolute Gasteiger partial charge is 0.489 e. The van der Waals surface area contributed by atoms with Gasteiger partial charge in [-0.15, -0.1) is 13.2 Å². The van der Waals surface area contributed by atoms with Crippen LogP contribution in [0.5, 0.6) is 11.5 Å².